The van der Waals surface area contributed by atoms with Crippen LogP contribution < -0.4 is 20.9 Å². The summed E-state index contributed by atoms with van der Waals surface area (Å²) in [6.07, 6.45) is -1.14. The first-order valence-electron chi connectivity index (χ1n) is 9.38. The van der Waals surface area contributed by atoms with Gasteiger partial charge in [0.05, 0.1) is 11.4 Å². The lowest BCUT2D eigenvalue weighted by atomic mass is 10.1. The first-order chi connectivity index (χ1) is 14.3. The van der Waals surface area contributed by atoms with E-state index in [4.69, 9.17) is 4.74 Å². The number of benzene rings is 2. The summed E-state index contributed by atoms with van der Waals surface area (Å²) in [5.41, 5.74) is 1.60. The van der Waals surface area contributed by atoms with Gasteiger partial charge in [-0.25, -0.2) is 9.59 Å². The summed E-state index contributed by atoms with van der Waals surface area (Å²) >= 11 is 0. The Hall–Kier alpha value is -3.88. The highest BCUT2D eigenvalue weighted by molar-refractivity contribution is 6.11. The topological polar surface area (TPSA) is 117 Å². The lowest BCUT2D eigenvalue weighted by Gasteiger charge is -2.31. The summed E-state index contributed by atoms with van der Waals surface area (Å²) in [5.74, 6) is -1.64. The first-order valence-corrected chi connectivity index (χ1v) is 9.38. The van der Waals surface area contributed by atoms with Crippen molar-refractivity contribution in [3.63, 3.8) is 0 Å². The van der Waals surface area contributed by atoms with Gasteiger partial charge in [0, 0.05) is 5.69 Å². The fourth-order valence-electron chi connectivity index (χ4n) is 2.92. The minimum Gasteiger partial charge on any atom is -0.451 e. The fourth-order valence-corrected chi connectivity index (χ4v) is 2.92. The second-order valence-electron chi connectivity index (χ2n) is 6.75. The number of esters is 1. The molecule has 2 atom stereocenters. The molecule has 3 rings (SSSR count). The molecule has 2 aromatic carbocycles. The van der Waals surface area contributed by atoms with E-state index < -0.39 is 30.1 Å². The Morgan fingerprint density at radius 1 is 1.03 bits per heavy atom. The Morgan fingerprint density at radius 3 is 2.43 bits per heavy atom. The predicted octanol–water partition coefficient (Wildman–Crippen LogP) is 2.11. The van der Waals surface area contributed by atoms with Crippen molar-refractivity contribution in [1.82, 2.24) is 5.32 Å². The number of para-hydroxylation sites is 3. The molecule has 0 aromatic heterocycles. The Morgan fingerprint density at radius 2 is 1.70 bits per heavy atom. The Labute approximate surface area is 173 Å². The van der Waals surface area contributed by atoms with Crippen LogP contribution in [0, 0.1) is 0 Å². The van der Waals surface area contributed by atoms with Gasteiger partial charge in [-0.1, -0.05) is 30.3 Å². The van der Waals surface area contributed by atoms with E-state index in [0.29, 0.717) is 17.1 Å². The van der Waals surface area contributed by atoms with Crippen LogP contribution in [-0.4, -0.2) is 42.5 Å². The van der Waals surface area contributed by atoms with E-state index in [1.807, 2.05) is 6.07 Å². The van der Waals surface area contributed by atoms with E-state index >= 15 is 0 Å². The number of carbonyl (C=O) groups excluding carboxylic acids is 4. The SMILES string of the molecule is C[C@H](NC(=O)Nc1ccccc1)C(=O)O[C@@H](C)C(=O)N1CC(=O)Nc2ccccc21. The van der Waals surface area contributed by atoms with Gasteiger partial charge in [0.15, 0.2) is 6.10 Å². The average molecular weight is 410 g/mol. The van der Waals surface area contributed by atoms with Gasteiger partial charge in [-0.2, -0.15) is 0 Å². The van der Waals surface area contributed by atoms with Crippen LogP contribution in [0.15, 0.2) is 54.6 Å². The van der Waals surface area contributed by atoms with Gasteiger partial charge >= 0.3 is 12.0 Å². The summed E-state index contributed by atoms with van der Waals surface area (Å²) in [5, 5.41) is 7.74. The second-order valence-corrected chi connectivity index (χ2v) is 6.75. The monoisotopic (exact) mass is 410 g/mol. The molecule has 0 saturated carbocycles. The van der Waals surface area contributed by atoms with Crippen molar-refractivity contribution < 1.29 is 23.9 Å². The smallest absolute Gasteiger partial charge is 0.329 e. The average Bonchev–Trinajstić information content (AvgIpc) is 2.73. The molecule has 9 heteroatoms. The number of carbonyl (C=O) groups is 4. The zero-order chi connectivity index (χ0) is 21.7. The lowest BCUT2D eigenvalue weighted by molar-refractivity contribution is -0.155. The van der Waals surface area contributed by atoms with Crippen molar-refractivity contribution in [3.8, 4) is 0 Å². The standard InChI is InChI=1S/C21H22N4O5/c1-13(22-21(29)23-15-8-4-3-5-9-15)20(28)30-14(2)19(27)25-12-18(26)24-16-10-6-7-11-17(16)25/h3-11,13-14H,12H2,1-2H3,(H,24,26)(H2,22,23,29)/t13-,14-/m0/s1. The molecule has 2 aromatic rings. The fraction of sp³-hybridized carbons (Fsp3) is 0.238. The van der Waals surface area contributed by atoms with Crippen LogP contribution in [0.25, 0.3) is 0 Å². The molecule has 0 aliphatic carbocycles. The van der Waals surface area contributed by atoms with Crippen molar-refractivity contribution in [2.24, 2.45) is 0 Å². The molecule has 0 saturated heterocycles. The lowest BCUT2D eigenvalue weighted by Crippen LogP contribution is -2.49. The number of anilines is 3. The molecule has 0 unspecified atom stereocenters. The van der Waals surface area contributed by atoms with E-state index in [1.54, 1.807) is 48.5 Å². The summed E-state index contributed by atoms with van der Waals surface area (Å²) in [6, 6.07) is 14.0. The number of hydrogen-bond acceptors (Lipinski definition) is 5. The minimum absolute atomic E-state index is 0.176. The highest BCUT2D eigenvalue weighted by atomic mass is 16.5. The molecule has 0 spiro atoms. The summed E-state index contributed by atoms with van der Waals surface area (Å²) in [4.78, 5) is 50.3. The third kappa shape index (κ3) is 4.93. The minimum atomic E-state index is -1.14. The van der Waals surface area contributed by atoms with Crippen molar-refractivity contribution in [1.29, 1.82) is 0 Å². The van der Waals surface area contributed by atoms with E-state index in [9.17, 15) is 19.2 Å². The van der Waals surface area contributed by atoms with Crippen LogP contribution in [0.3, 0.4) is 0 Å². The first kappa shape index (κ1) is 20.8. The van der Waals surface area contributed by atoms with Gasteiger partial charge in [0.25, 0.3) is 5.91 Å². The zero-order valence-corrected chi connectivity index (χ0v) is 16.5. The molecule has 0 fully saturated rings. The molecular formula is C21H22N4O5. The molecule has 1 heterocycles. The van der Waals surface area contributed by atoms with Crippen molar-refractivity contribution >= 4 is 40.9 Å². The molecule has 0 bridgehead atoms. The molecule has 156 valence electrons. The molecule has 4 amide bonds. The summed E-state index contributed by atoms with van der Waals surface area (Å²) < 4.78 is 5.22. The molecule has 0 radical (unpaired) electrons. The van der Waals surface area contributed by atoms with E-state index in [2.05, 4.69) is 16.0 Å². The van der Waals surface area contributed by atoms with Crippen LogP contribution in [0.2, 0.25) is 0 Å². The molecule has 3 N–H and O–H groups in total. The van der Waals surface area contributed by atoms with Gasteiger partial charge in [0.1, 0.15) is 12.6 Å². The van der Waals surface area contributed by atoms with Crippen LogP contribution in [0.4, 0.5) is 21.9 Å². The predicted molar refractivity (Wildman–Crippen MR) is 111 cm³/mol. The Kier molecular flexibility index (Phi) is 6.31. The largest absolute Gasteiger partial charge is 0.451 e. The normalized spacial score (nSPS) is 14.6. The highest BCUT2D eigenvalue weighted by Gasteiger charge is 2.32. The van der Waals surface area contributed by atoms with Gasteiger partial charge in [-0.3, -0.25) is 14.5 Å². The molecule has 30 heavy (non-hydrogen) atoms. The third-order valence-electron chi connectivity index (χ3n) is 4.41. The number of nitrogens with zero attached hydrogens (tertiary/aromatic N) is 1. The quantitative estimate of drug-likeness (QED) is 0.653. The van der Waals surface area contributed by atoms with Gasteiger partial charge < -0.3 is 20.7 Å². The number of nitrogens with one attached hydrogen (secondary N) is 3. The van der Waals surface area contributed by atoms with Crippen LogP contribution in [-0.2, 0) is 19.1 Å². The van der Waals surface area contributed by atoms with Crippen LogP contribution >= 0.6 is 0 Å². The number of amides is 4. The highest BCUT2D eigenvalue weighted by Crippen LogP contribution is 2.29. The molecule has 9 nitrogen and oxygen atoms in total. The maximum Gasteiger partial charge on any atom is 0.329 e. The van der Waals surface area contributed by atoms with E-state index in [0.717, 1.165) is 0 Å². The molecular weight excluding hydrogens is 388 g/mol. The molecule has 1 aliphatic heterocycles. The van der Waals surface area contributed by atoms with Gasteiger partial charge in [-0.15, -0.1) is 0 Å². The number of urea groups is 1. The van der Waals surface area contributed by atoms with E-state index in [1.165, 1.54) is 18.7 Å². The number of ether oxygens (including phenoxy) is 1. The summed E-state index contributed by atoms with van der Waals surface area (Å²) in [6.45, 7) is 2.70. The van der Waals surface area contributed by atoms with Crippen LogP contribution in [0.5, 0.6) is 0 Å². The Bertz CT molecular complexity index is 963. The summed E-state index contributed by atoms with van der Waals surface area (Å²) in [7, 11) is 0. The zero-order valence-electron chi connectivity index (χ0n) is 16.5. The number of rotatable bonds is 5. The number of hydrogen-bond donors (Lipinski definition) is 3. The Balaban J connectivity index is 1.57. The van der Waals surface area contributed by atoms with Crippen molar-refractivity contribution in [2.45, 2.75) is 26.0 Å². The van der Waals surface area contributed by atoms with Gasteiger partial charge in [-0.05, 0) is 38.1 Å². The van der Waals surface area contributed by atoms with Crippen molar-refractivity contribution in [3.05, 3.63) is 54.6 Å². The van der Waals surface area contributed by atoms with E-state index in [-0.39, 0.29) is 12.5 Å². The third-order valence-corrected chi connectivity index (χ3v) is 4.41. The molecule has 1 aliphatic rings. The maximum absolute atomic E-state index is 12.8. The van der Waals surface area contributed by atoms with Crippen LogP contribution in [0.1, 0.15) is 13.8 Å². The maximum atomic E-state index is 12.8. The number of fused-ring (bicyclic) bond motifs is 1. The van der Waals surface area contributed by atoms with Crippen molar-refractivity contribution in [2.75, 3.05) is 22.1 Å². The van der Waals surface area contributed by atoms with Gasteiger partial charge in [0.2, 0.25) is 5.91 Å². The second kappa shape index (κ2) is 9.08.